The maximum atomic E-state index is 12.5. The number of carbonyl (C=O) groups excluding carboxylic acids is 1. The Labute approximate surface area is 141 Å². The molecular weight excluding hydrogens is 330 g/mol. The van der Waals surface area contributed by atoms with Crippen molar-refractivity contribution in [2.24, 2.45) is 0 Å². The van der Waals surface area contributed by atoms with E-state index >= 15 is 0 Å². The number of ether oxygens (including phenoxy) is 1. The molecule has 0 saturated heterocycles. The van der Waals surface area contributed by atoms with Crippen LogP contribution in [0.3, 0.4) is 0 Å². The van der Waals surface area contributed by atoms with Gasteiger partial charge in [0.1, 0.15) is 5.75 Å². The number of alkyl halides is 2. The van der Waals surface area contributed by atoms with Crippen LogP contribution < -0.4 is 10.3 Å². The highest BCUT2D eigenvalue weighted by atomic mass is 19.3. The van der Waals surface area contributed by atoms with Crippen LogP contribution in [0.15, 0.2) is 53.6 Å². The Bertz CT molecular complexity index is 999. The highest BCUT2D eigenvalue weighted by Crippen LogP contribution is 2.23. The molecule has 0 saturated carbocycles. The minimum Gasteiger partial charge on any atom is -0.434 e. The Morgan fingerprint density at radius 2 is 2.00 bits per heavy atom. The molecule has 0 spiro atoms. The number of rotatable bonds is 5. The second kappa shape index (κ2) is 6.80. The second-order valence-electron chi connectivity index (χ2n) is 5.50. The van der Waals surface area contributed by atoms with E-state index < -0.39 is 12.4 Å². The molecule has 7 heteroatoms. The fourth-order valence-corrected chi connectivity index (χ4v) is 2.52. The van der Waals surface area contributed by atoms with Gasteiger partial charge >= 0.3 is 6.61 Å². The molecule has 0 aliphatic heterocycles. The quantitative estimate of drug-likeness (QED) is 0.667. The molecule has 0 radical (unpaired) electrons. The lowest BCUT2D eigenvalue weighted by Gasteiger charge is -2.12. The first kappa shape index (κ1) is 16.8. The summed E-state index contributed by atoms with van der Waals surface area (Å²) in [7, 11) is 0. The van der Waals surface area contributed by atoms with E-state index in [-0.39, 0.29) is 23.4 Å². The Hall–Kier alpha value is -3.09. The van der Waals surface area contributed by atoms with Gasteiger partial charge in [0, 0.05) is 0 Å². The summed E-state index contributed by atoms with van der Waals surface area (Å²) >= 11 is 0. The van der Waals surface area contributed by atoms with Gasteiger partial charge in [-0.1, -0.05) is 23.8 Å². The van der Waals surface area contributed by atoms with Crippen molar-refractivity contribution in [2.75, 3.05) is 0 Å². The number of benzene rings is 2. The zero-order valence-electron chi connectivity index (χ0n) is 13.3. The molecule has 0 N–H and O–H groups in total. The lowest BCUT2D eigenvalue weighted by atomic mass is 10.1. The monoisotopic (exact) mass is 344 g/mol. The standard InChI is InChI=1S/C18H14F2N2O3/c1-11-6-7-16(25-18(19)20)13(8-11)15(23)9-22-10-21-14-5-3-2-4-12(14)17(22)24/h2-8,10,18H,9H2,1H3. The van der Waals surface area contributed by atoms with Gasteiger partial charge < -0.3 is 4.74 Å². The van der Waals surface area contributed by atoms with Gasteiger partial charge in [0.2, 0.25) is 0 Å². The van der Waals surface area contributed by atoms with E-state index in [1.165, 1.54) is 18.5 Å². The number of halogens is 2. The summed E-state index contributed by atoms with van der Waals surface area (Å²) in [6.07, 6.45) is 1.27. The first-order valence-electron chi connectivity index (χ1n) is 7.48. The fourth-order valence-electron chi connectivity index (χ4n) is 2.52. The number of nitrogens with zero attached hydrogens (tertiary/aromatic N) is 2. The molecule has 0 unspecified atom stereocenters. The average Bonchev–Trinajstić information content (AvgIpc) is 2.58. The summed E-state index contributed by atoms with van der Waals surface area (Å²) in [5.74, 6) is -0.731. The molecule has 128 valence electrons. The number of aryl methyl sites for hydroxylation is 1. The third-order valence-electron chi connectivity index (χ3n) is 3.70. The molecule has 0 aliphatic carbocycles. The zero-order chi connectivity index (χ0) is 18.0. The normalized spacial score (nSPS) is 11.0. The third kappa shape index (κ3) is 3.55. The fraction of sp³-hybridized carbons (Fsp3) is 0.167. The van der Waals surface area contributed by atoms with Gasteiger partial charge in [0.25, 0.3) is 5.56 Å². The van der Waals surface area contributed by atoms with E-state index in [2.05, 4.69) is 9.72 Å². The Balaban J connectivity index is 1.97. The summed E-state index contributed by atoms with van der Waals surface area (Å²) < 4.78 is 30.6. The first-order chi connectivity index (χ1) is 12.0. The first-order valence-corrected chi connectivity index (χ1v) is 7.48. The van der Waals surface area contributed by atoms with Crippen molar-refractivity contribution in [1.82, 2.24) is 9.55 Å². The van der Waals surface area contributed by atoms with Crippen molar-refractivity contribution in [3.05, 3.63) is 70.3 Å². The van der Waals surface area contributed by atoms with Gasteiger partial charge in [-0.05, 0) is 31.2 Å². The lowest BCUT2D eigenvalue weighted by molar-refractivity contribution is -0.0501. The summed E-state index contributed by atoms with van der Waals surface area (Å²) in [4.78, 5) is 29.1. The number of fused-ring (bicyclic) bond motifs is 1. The number of ketones is 1. The largest absolute Gasteiger partial charge is 0.434 e. The van der Waals surface area contributed by atoms with E-state index in [0.717, 1.165) is 4.57 Å². The molecule has 5 nitrogen and oxygen atoms in total. The average molecular weight is 344 g/mol. The van der Waals surface area contributed by atoms with Crippen molar-refractivity contribution in [3.8, 4) is 5.75 Å². The van der Waals surface area contributed by atoms with Gasteiger partial charge in [-0.2, -0.15) is 8.78 Å². The van der Waals surface area contributed by atoms with E-state index in [4.69, 9.17) is 0 Å². The molecule has 3 aromatic rings. The molecule has 0 atom stereocenters. The zero-order valence-corrected chi connectivity index (χ0v) is 13.3. The maximum absolute atomic E-state index is 12.5. The lowest BCUT2D eigenvalue weighted by Crippen LogP contribution is -2.25. The minimum atomic E-state index is -3.04. The smallest absolute Gasteiger partial charge is 0.387 e. The SMILES string of the molecule is Cc1ccc(OC(F)F)c(C(=O)Cn2cnc3ccccc3c2=O)c1. The topological polar surface area (TPSA) is 61.2 Å². The summed E-state index contributed by atoms with van der Waals surface area (Å²) in [5.41, 5.74) is 0.866. The summed E-state index contributed by atoms with van der Waals surface area (Å²) in [6.45, 7) is -1.63. The van der Waals surface area contributed by atoms with Crippen molar-refractivity contribution >= 4 is 16.7 Å². The Kier molecular flexibility index (Phi) is 4.56. The molecule has 0 fully saturated rings. The Morgan fingerprint density at radius 3 is 2.76 bits per heavy atom. The molecule has 0 aliphatic rings. The number of para-hydroxylation sites is 1. The molecule has 1 heterocycles. The van der Waals surface area contributed by atoms with Crippen LogP contribution >= 0.6 is 0 Å². The van der Waals surface area contributed by atoms with Crippen LogP contribution in [0.5, 0.6) is 5.75 Å². The number of hydrogen-bond acceptors (Lipinski definition) is 4. The van der Waals surface area contributed by atoms with E-state index in [9.17, 15) is 18.4 Å². The van der Waals surface area contributed by atoms with E-state index in [0.29, 0.717) is 16.5 Å². The van der Waals surface area contributed by atoms with Crippen LogP contribution in [-0.4, -0.2) is 21.9 Å². The van der Waals surface area contributed by atoms with Gasteiger partial charge in [-0.15, -0.1) is 0 Å². The van der Waals surface area contributed by atoms with E-state index in [1.807, 2.05) is 0 Å². The predicted octanol–water partition coefficient (Wildman–Crippen LogP) is 3.19. The summed E-state index contributed by atoms with van der Waals surface area (Å²) in [5, 5.41) is 0.381. The van der Waals surface area contributed by atoms with Crippen molar-refractivity contribution < 1.29 is 18.3 Å². The third-order valence-corrected chi connectivity index (χ3v) is 3.70. The van der Waals surface area contributed by atoms with Gasteiger partial charge in [-0.25, -0.2) is 4.98 Å². The van der Waals surface area contributed by atoms with Crippen LogP contribution in [0.4, 0.5) is 8.78 Å². The van der Waals surface area contributed by atoms with Gasteiger partial charge in [-0.3, -0.25) is 14.2 Å². The van der Waals surface area contributed by atoms with Crippen molar-refractivity contribution in [1.29, 1.82) is 0 Å². The van der Waals surface area contributed by atoms with Crippen LogP contribution in [0, 0.1) is 6.92 Å². The molecule has 0 bridgehead atoms. The van der Waals surface area contributed by atoms with Crippen LogP contribution in [0.2, 0.25) is 0 Å². The number of hydrogen-bond donors (Lipinski definition) is 0. The van der Waals surface area contributed by atoms with Gasteiger partial charge in [0.05, 0.1) is 29.3 Å². The molecular formula is C18H14F2N2O3. The molecule has 3 rings (SSSR count). The van der Waals surface area contributed by atoms with E-state index in [1.54, 1.807) is 37.3 Å². The number of aromatic nitrogens is 2. The highest BCUT2D eigenvalue weighted by molar-refractivity contribution is 5.98. The minimum absolute atomic E-state index is 0.000332. The molecule has 25 heavy (non-hydrogen) atoms. The molecule has 2 aromatic carbocycles. The van der Waals surface area contributed by atoms with Crippen LogP contribution in [0.1, 0.15) is 15.9 Å². The van der Waals surface area contributed by atoms with Crippen LogP contribution in [-0.2, 0) is 6.54 Å². The molecule has 0 amide bonds. The predicted molar refractivity (Wildman–Crippen MR) is 88.1 cm³/mol. The number of carbonyl (C=O) groups is 1. The van der Waals surface area contributed by atoms with Gasteiger partial charge in [0.15, 0.2) is 5.78 Å². The maximum Gasteiger partial charge on any atom is 0.387 e. The van der Waals surface area contributed by atoms with Crippen molar-refractivity contribution in [2.45, 2.75) is 20.1 Å². The number of Topliss-reactive ketones (excluding diaryl/α,β-unsaturated/α-hetero) is 1. The highest BCUT2D eigenvalue weighted by Gasteiger charge is 2.17. The van der Waals surface area contributed by atoms with Crippen LogP contribution in [0.25, 0.3) is 10.9 Å². The second-order valence-corrected chi connectivity index (χ2v) is 5.50. The molecule has 1 aromatic heterocycles. The summed E-state index contributed by atoms with van der Waals surface area (Å²) in [6, 6.07) is 11.1. The van der Waals surface area contributed by atoms with Crippen molar-refractivity contribution in [3.63, 3.8) is 0 Å². The Morgan fingerprint density at radius 1 is 1.24 bits per heavy atom.